The Balaban J connectivity index is 2.34. The Morgan fingerprint density at radius 1 is 1.12 bits per heavy atom. The summed E-state index contributed by atoms with van der Waals surface area (Å²) in [5, 5.41) is 0. The summed E-state index contributed by atoms with van der Waals surface area (Å²) in [6.07, 6.45) is 1.49. The van der Waals surface area contributed by atoms with E-state index in [1.807, 2.05) is 26.8 Å². The number of furan rings is 1. The molecule has 0 spiro atoms. The van der Waals surface area contributed by atoms with E-state index in [1.54, 1.807) is 35.2 Å². The van der Waals surface area contributed by atoms with Crippen LogP contribution in [0.3, 0.4) is 0 Å². The lowest BCUT2D eigenvalue weighted by molar-refractivity contribution is -0.131. The second-order valence-electron chi connectivity index (χ2n) is 5.73. The van der Waals surface area contributed by atoms with E-state index >= 15 is 0 Å². The van der Waals surface area contributed by atoms with E-state index in [4.69, 9.17) is 4.42 Å². The zero-order valence-electron chi connectivity index (χ0n) is 14.8. The maximum Gasteiger partial charge on any atom is 0.243 e. The Labute approximate surface area is 149 Å². The molecule has 1 heterocycles. The van der Waals surface area contributed by atoms with E-state index in [0.29, 0.717) is 18.8 Å². The number of likely N-dealkylation sites (N-methyl/N-ethyl adjacent to an activating group) is 1. The molecule has 6 nitrogen and oxygen atoms in total. The molecule has 0 aliphatic heterocycles. The van der Waals surface area contributed by atoms with Gasteiger partial charge >= 0.3 is 0 Å². The number of rotatable bonds is 8. The van der Waals surface area contributed by atoms with Crippen LogP contribution in [0.5, 0.6) is 0 Å². The van der Waals surface area contributed by atoms with Gasteiger partial charge in [-0.3, -0.25) is 4.79 Å². The van der Waals surface area contributed by atoms with Crippen LogP contribution in [0.1, 0.15) is 25.2 Å². The fraction of sp³-hybridized carbons (Fsp3) is 0.389. The summed E-state index contributed by atoms with van der Waals surface area (Å²) < 4.78 is 32.6. The lowest BCUT2D eigenvalue weighted by Crippen LogP contribution is -2.42. The molecule has 0 saturated heterocycles. The molecule has 0 unspecified atom stereocenters. The van der Waals surface area contributed by atoms with Crippen LogP contribution in [0.4, 0.5) is 0 Å². The number of benzene rings is 1. The first-order valence-corrected chi connectivity index (χ1v) is 9.69. The number of sulfonamides is 1. The zero-order valence-corrected chi connectivity index (χ0v) is 15.6. The maximum atomic E-state index is 13.1. The van der Waals surface area contributed by atoms with Crippen LogP contribution in [0, 0.1) is 6.92 Å². The van der Waals surface area contributed by atoms with Crippen LogP contribution in [0.2, 0.25) is 0 Å². The molecule has 136 valence electrons. The molecular formula is C18H24N2O4S. The van der Waals surface area contributed by atoms with E-state index in [0.717, 1.165) is 5.56 Å². The van der Waals surface area contributed by atoms with Crippen molar-refractivity contribution in [1.82, 2.24) is 9.21 Å². The summed E-state index contributed by atoms with van der Waals surface area (Å²) in [7, 11) is -3.82. The minimum absolute atomic E-state index is 0.0102. The highest BCUT2D eigenvalue weighted by atomic mass is 32.2. The van der Waals surface area contributed by atoms with Gasteiger partial charge in [-0.15, -0.1) is 0 Å². The van der Waals surface area contributed by atoms with Gasteiger partial charge in [0.05, 0.1) is 24.2 Å². The average molecular weight is 364 g/mol. The predicted molar refractivity (Wildman–Crippen MR) is 95.4 cm³/mol. The number of hydrogen-bond acceptors (Lipinski definition) is 4. The summed E-state index contributed by atoms with van der Waals surface area (Å²) in [4.78, 5) is 14.3. The third kappa shape index (κ3) is 4.70. The van der Waals surface area contributed by atoms with E-state index in [2.05, 4.69) is 0 Å². The van der Waals surface area contributed by atoms with Crippen LogP contribution < -0.4 is 0 Å². The van der Waals surface area contributed by atoms with E-state index in [1.165, 1.54) is 10.6 Å². The van der Waals surface area contributed by atoms with Gasteiger partial charge in [-0.2, -0.15) is 4.31 Å². The Bertz CT molecular complexity index is 796. The maximum absolute atomic E-state index is 13.1. The fourth-order valence-electron chi connectivity index (χ4n) is 2.55. The second kappa shape index (κ2) is 8.31. The van der Waals surface area contributed by atoms with Crippen LogP contribution in [0.15, 0.2) is 52.0 Å². The van der Waals surface area contributed by atoms with Crippen molar-refractivity contribution in [3.8, 4) is 0 Å². The number of nitrogens with zero attached hydrogens (tertiary/aromatic N) is 2. The van der Waals surface area contributed by atoms with Crippen molar-refractivity contribution in [3.63, 3.8) is 0 Å². The molecule has 0 bridgehead atoms. The molecule has 2 aromatic rings. The molecule has 1 aromatic heterocycles. The van der Waals surface area contributed by atoms with Gasteiger partial charge in [-0.25, -0.2) is 8.42 Å². The van der Waals surface area contributed by atoms with Gasteiger partial charge in [-0.05, 0) is 50.6 Å². The lowest BCUT2D eigenvalue weighted by Gasteiger charge is -2.25. The van der Waals surface area contributed by atoms with Crippen molar-refractivity contribution in [2.75, 3.05) is 19.6 Å². The topological polar surface area (TPSA) is 70.8 Å². The smallest absolute Gasteiger partial charge is 0.243 e. The molecule has 0 N–H and O–H groups in total. The first-order chi connectivity index (χ1) is 11.9. The minimum Gasteiger partial charge on any atom is -0.468 e. The highest BCUT2D eigenvalue weighted by molar-refractivity contribution is 7.89. The van der Waals surface area contributed by atoms with Crippen LogP contribution in [-0.2, 0) is 21.4 Å². The summed E-state index contributed by atoms with van der Waals surface area (Å²) in [6, 6.07) is 10.1. The molecule has 0 aliphatic rings. The molecule has 25 heavy (non-hydrogen) atoms. The molecule has 1 amide bonds. The van der Waals surface area contributed by atoms with E-state index < -0.39 is 10.0 Å². The monoisotopic (exact) mass is 364 g/mol. The molecule has 7 heteroatoms. The first kappa shape index (κ1) is 19.2. The lowest BCUT2D eigenvalue weighted by atomic mass is 10.2. The Hall–Kier alpha value is -2.12. The average Bonchev–Trinajstić information content (AvgIpc) is 3.08. The predicted octanol–water partition coefficient (Wildman–Crippen LogP) is 2.65. The molecule has 2 rings (SSSR count). The van der Waals surface area contributed by atoms with Crippen molar-refractivity contribution >= 4 is 15.9 Å². The quantitative estimate of drug-likeness (QED) is 0.722. The van der Waals surface area contributed by atoms with Crippen LogP contribution in [0.25, 0.3) is 0 Å². The van der Waals surface area contributed by atoms with Gasteiger partial charge in [-0.1, -0.05) is 12.1 Å². The second-order valence-corrected chi connectivity index (χ2v) is 7.67. The number of hydrogen-bond donors (Lipinski definition) is 0. The van der Waals surface area contributed by atoms with Crippen molar-refractivity contribution < 1.29 is 17.6 Å². The molecule has 0 aliphatic carbocycles. The molecule has 0 saturated carbocycles. The minimum atomic E-state index is -3.82. The van der Waals surface area contributed by atoms with Crippen molar-refractivity contribution in [2.24, 2.45) is 0 Å². The molecule has 0 atom stereocenters. The van der Waals surface area contributed by atoms with Crippen LogP contribution in [-0.4, -0.2) is 43.2 Å². The Morgan fingerprint density at radius 3 is 2.40 bits per heavy atom. The standard InChI is InChI=1S/C18H24N2O4S/c1-4-19(5-2)18(21)14-20(13-16-9-7-11-24-16)25(22,23)17-10-6-8-15(3)12-17/h6-12H,4-5,13-14H2,1-3H3. The third-order valence-corrected chi connectivity index (χ3v) is 5.76. The normalized spacial score (nSPS) is 11.7. The molecule has 0 fully saturated rings. The Morgan fingerprint density at radius 2 is 1.84 bits per heavy atom. The van der Waals surface area contributed by atoms with Crippen molar-refractivity contribution in [2.45, 2.75) is 32.2 Å². The SMILES string of the molecule is CCN(CC)C(=O)CN(Cc1ccco1)S(=O)(=O)c1cccc(C)c1. The number of aryl methyl sites for hydroxylation is 1. The van der Waals surface area contributed by atoms with Gasteiger partial charge in [0.25, 0.3) is 0 Å². The number of carbonyl (C=O) groups is 1. The van der Waals surface area contributed by atoms with Gasteiger partial charge in [0, 0.05) is 13.1 Å². The third-order valence-electron chi connectivity index (χ3n) is 3.97. The zero-order chi connectivity index (χ0) is 18.4. The van der Waals surface area contributed by atoms with E-state index in [9.17, 15) is 13.2 Å². The summed E-state index contributed by atoms with van der Waals surface area (Å²) in [5.41, 5.74) is 0.842. The van der Waals surface area contributed by atoms with Gasteiger partial charge in [0.15, 0.2) is 0 Å². The van der Waals surface area contributed by atoms with Gasteiger partial charge in [0.1, 0.15) is 5.76 Å². The molecular weight excluding hydrogens is 340 g/mol. The molecule has 0 radical (unpaired) electrons. The first-order valence-electron chi connectivity index (χ1n) is 8.25. The summed E-state index contributed by atoms with van der Waals surface area (Å²) >= 11 is 0. The number of carbonyl (C=O) groups excluding carboxylic acids is 1. The fourth-order valence-corrected chi connectivity index (χ4v) is 4.02. The van der Waals surface area contributed by atoms with Crippen molar-refractivity contribution in [3.05, 3.63) is 54.0 Å². The molecule has 1 aromatic carbocycles. The summed E-state index contributed by atoms with van der Waals surface area (Å²) in [6.45, 7) is 6.43. The van der Waals surface area contributed by atoms with Gasteiger partial charge < -0.3 is 9.32 Å². The highest BCUT2D eigenvalue weighted by Gasteiger charge is 2.29. The highest BCUT2D eigenvalue weighted by Crippen LogP contribution is 2.20. The van der Waals surface area contributed by atoms with Crippen molar-refractivity contribution in [1.29, 1.82) is 0 Å². The number of amides is 1. The Kier molecular flexibility index (Phi) is 6.39. The van der Waals surface area contributed by atoms with Crippen LogP contribution >= 0.6 is 0 Å². The van der Waals surface area contributed by atoms with E-state index in [-0.39, 0.29) is 23.9 Å². The largest absolute Gasteiger partial charge is 0.468 e. The summed E-state index contributed by atoms with van der Waals surface area (Å²) in [5.74, 6) is 0.261. The van der Waals surface area contributed by atoms with Gasteiger partial charge in [0.2, 0.25) is 15.9 Å².